The number of carbonyl (C=O) groups is 5. The number of hydrogen-bond donors (Lipinski definition) is 5. The van der Waals surface area contributed by atoms with Crippen LogP contribution in [0.3, 0.4) is 0 Å². The fourth-order valence-corrected chi connectivity index (χ4v) is 3.38. The van der Waals surface area contributed by atoms with E-state index in [1.807, 2.05) is 27.7 Å². The zero-order valence-corrected chi connectivity index (χ0v) is 21.2. The first kappa shape index (κ1) is 30.5. The SMILES string of the molecule is CNC(C(=O)NC(CC(C)C)C(=O)NCC(=O)NC(CCCCNC(C)=O)C(C)=O)C(C)C. The van der Waals surface area contributed by atoms with Gasteiger partial charge in [-0.2, -0.15) is 0 Å². The second kappa shape index (κ2) is 16.2. The van der Waals surface area contributed by atoms with Gasteiger partial charge in [-0.3, -0.25) is 24.0 Å². The Hall–Kier alpha value is -2.49. The van der Waals surface area contributed by atoms with Gasteiger partial charge in [0.15, 0.2) is 5.78 Å². The van der Waals surface area contributed by atoms with Gasteiger partial charge in [0.25, 0.3) is 0 Å². The van der Waals surface area contributed by atoms with E-state index in [1.54, 1.807) is 7.05 Å². The predicted molar refractivity (Wildman–Crippen MR) is 127 cm³/mol. The number of rotatable bonds is 16. The number of ketones is 1. The number of carbonyl (C=O) groups excluding carboxylic acids is 5. The fourth-order valence-electron chi connectivity index (χ4n) is 3.38. The Morgan fingerprint density at radius 2 is 1.42 bits per heavy atom. The maximum atomic E-state index is 12.7. The van der Waals surface area contributed by atoms with Crippen molar-refractivity contribution in [2.45, 2.75) is 85.4 Å². The van der Waals surface area contributed by atoms with E-state index in [0.717, 1.165) is 0 Å². The first-order chi connectivity index (χ1) is 15.4. The van der Waals surface area contributed by atoms with E-state index in [0.29, 0.717) is 32.2 Å². The fraction of sp³-hybridized carbons (Fsp3) is 0.783. The summed E-state index contributed by atoms with van der Waals surface area (Å²) in [6.07, 6.45) is 2.22. The average molecular weight is 470 g/mol. The summed E-state index contributed by atoms with van der Waals surface area (Å²) in [7, 11) is 1.69. The van der Waals surface area contributed by atoms with Crippen molar-refractivity contribution in [1.82, 2.24) is 26.6 Å². The lowest BCUT2D eigenvalue weighted by molar-refractivity contribution is -0.132. The van der Waals surface area contributed by atoms with Gasteiger partial charge in [0.05, 0.1) is 18.6 Å². The van der Waals surface area contributed by atoms with Crippen molar-refractivity contribution in [1.29, 1.82) is 0 Å². The number of likely N-dealkylation sites (N-methyl/N-ethyl adjacent to an activating group) is 1. The Balaban J connectivity index is 4.78. The largest absolute Gasteiger partial charge is 0.356 e. The highest BCUT2D eigenvalue weighted by Gasteiger charge is 2.27. The van der Waals surface area contributed by atoms with Crippen LogP contribution in [0.2, 0.25) is 0 Å². The molecule has 10 heteroatoms. The zero-order chi connectivity index (χ0) is 25.6. The van der Waals surface area contributed by atoms with Crippen molar-refractivity contribution < 1.29 is 24.0 Å². The minimum Gasteiger partial charge on any atom is -0.356 e. The van der Waals surface area contributed by atoms with E-state index in [-0.39, 0.29) is 36.0 Å². The van der Waals surface area contributed by atoms with Crippen LogP contribution in [-0.4, -0.2) is 67.7 Å². The van der Waals surface area contributed by atoms with Crippen molar-refractivity contribution in [3.05, 3.63) is 0 Å². The van der Waals surface area contributed by atoms with E-state index in [4.69, 9.17) is 0 Å². The third kappa shape index (κ3) is 13.6. The highest BCUT2D eigenvalue weighted by molar-refractivity contribution is 5.93. The monoisotopic (exact) mass is 469 g/mol. The van der Waals surface area contributed by atoms with Crippen molar-refractivity contribution in [3.8, 4) is 0 Å². The molecular weight excluding hydrogens is 426 g/mol. The van der Waals surface area contributed by atoms with Crippen LogP contribution in [0.1, 0.15) is 67.2 Å². The molecule has 0 aromatic heterocycles. The number of hydrogen-bond acceptors (Lipinski definition) is 6. The van der Waals surface area contributed by atoms with E-state index in [9.17, 15) is 24.0 Å². The van der Waals surface area contributed by atoms with Crippen LogP contribution in [0.25, 0.3) is 0 Å². The van der Waals surface area contributed by atoms with Crippen LogP contribution < -0.4 is 26.6 Å². The van der Waals surface area contributed by atoms with Crippen LogP contribution in [-0.2, 0) is 24.0 Å². The molecule has 3 atom stereocenters. The molecule has 0 bridgehead atoms. The Kier molecular flexibility index (Phi) is 15.0. The van der Waals surface area contributed by atoms with Crippen molar-refractivity contribution >= 4 is 29.4 Å². The standard InChI is InChI=1S/C23H43N5O5/c1-14(2)12-19(28-23(33)21(24-7)15(3)4)22(32)26-13-20(31)27-18(16(5)29)10-8-9-11-25-17(6)30/h14-15,18-19,21,24H,8-13H2,1-7H3,(H,25,30)(H,26,32)(H,27,31)(H,28,33). The lowest BCUT2D eigenvalue weighted by Gasteiger charge is -2.25. The molecule has 0 saturated carbocycles. The van der Waals surface area contributed by atoms with Gasteiger partial charge in [-0.1, -0.05) is 27.7 Å². The maximum Gasteiger partial charge on any atom is 0.243 e. The predicted octanol–water partition coefficient (Wildman–Crippen LogP) is 0.258. The normalized spacial score (nSPS) is 13.7. The lowest BCUT2D eigenvalue weighted by Crippen LogP contribution is -2.55. The Morgan fingerprint density at radius 3 is 1.91 bits per heavy atom. The first-order valence-corrected chi connectivity index (χ1v) is 11.7. The molecule has 4 amide bonds. The van der Waals surface area contributed by atoms with Gasteiger partial charge in [-0.05, 0) is 51.5 Å². The Bertz CT molecular complexity index is 666. The van der Waals surface area contributed by atoms with Crippen LogP contribution in [0.15, 0.2) is 0 Å². The Labute approximate surface area is 197 Å². The summed E-state index contributed by atoms with van der Waals surface area (Å²) < 4.78 is 0. The van der Waals surface area contributed by atoms with Gasteiger partial charge in [-0.25, -0.2) is 0 Å². The summed E-state index contributed by atoms with van der Waals surface area (Å²) in [6, 6.07) is -1.85. The summed E-state index contributed by atoms with van der Waals surface area (Å²) in [4.78, 5) is 60.3. The molecule has 0 saturated heterocycles. The lowest BCUT2D eigenvalue weighted by atomic mass is 10.00. The molecule has 0 rings (SSSR count). The zero-order valence-electron chi connectivity index (χ0n) is 21.2. The van der Waals surface area contributed by atoms with Gasteiger partial charge in [0, 0.05) is 13.5 Å². The third-order valence-corrected chi connectivity index (χ3v) is 5.14. The quantitative estimate of drug-likeness (QED) is 0.205. The molecule has 0 aliphatic heterocycles. The molecular formula is C23H43N5O5. The van der Waals surface area contributed by atoms with Crippen LogP contribution in [0, 0.1) is 11.8 Å². The molecule has 0 aromatic carbocycles. The molecule has 0 aliphatic carbocycles. The Morgan fingerprint density at radius 1 is 0.788 bits per heavy atom. The highest BCUT2D eigenvalue weighted by atomic mass is 16.2. The van der Waals surface area contributed by atoms with Gasteiger partial charge >= 0.3 is 0 Å². The first-order valence-electron chi connectivity index (χ1n) is 11.7. The molecule has 0 heterocycles. The molecule has 3 unspecified atom stereocenters. The van der Waals surface area contributed by atoms with Crippen LogP contribution in [0.4, 0.5) is 0 Å². The molecule has 5 N–H and O–H groups in total. The minimum absolute atomic E-state index is 0.0466. The summed E-state index contributed by atoms with van der Waals surface area (Å²) in [6.45, 7) is 10.8. The molecule has 0 radical (unpaired) electrons. The second-order valence-electron chi connectivity index (χ2n) is 9.13. The highest BCUT2D eigenvalue weighted by Crippen LogP contribution is 2.08. The van der Waals surface area contributed by atoms with Gasteiger partial charge in [0.2, 0.25) is 23.6 Å². The molecule has 10 nitrogen and oxygen atoms in total. The number of nitrogens with one attached hydrogen (secondary N) is 5. The van der Waals surface area contributed by atoms with Crippen molar-refractivity contribution in [2.24, 2.45) is 11.8 Å². The second-order valence-corrected chi connectivity index (χ2v) is 9.13. The summed E-state index contributed by atoms with van der Waals surface area (Å²) >= 11 is 0. The van der Waals surface area contributed by atoms with Gasteiger partial charge in [-0.15, -0.1) is 0 Å². The van der Waals surface area contributed by atoms with E-state index in [2.05, 4.69) is 26.6 Å². The minimum atomic E-state index is -0.766. The summed E-state index contributed by atoms with van der Waals surface area (Å²) in [5.74, 6) is -1.28. The molecule has 33 heavy (non-hydrogen) atoms. The topological polar surface area (TPSA) is 146 Å². The van der Waals surface area contributed by atoms with Gasteiger partial charge in [0.1, 0.15) is 6.04 Å². The maximum absolute atomic E-state index is 12.7. The summed E-state index contributed by atoms with van der Waals surface area (Å²) in [5.41, 5.74) is 0. The molecule has 0 aliphatic rings. The van der Waals surface area contributed by atoms with Crippen LogP contribution in [0.5, 0.6) is 0 Å². The molecule has 0 spiro atoms. The van der Waals surface area contributed by atoms with Crippen molar-refractivity contribution in [2.75, 3.05) is 20.1 Å². The molecule has 190 valence electrons. The van der Waals surface area contributed by atoms with Gasteiger partial charge < -0.3 is 26.6 Å². The molecule has 0 fully saturated rings. The number of amides is 4. The average Bonchev–Trinajstić information content (AvgIpc) is 2.69. The number of Topliss-reactive ketones (excluding diaryl/α,β-unsaturated/α-hetero) is 1. The van der Waals surface area contributed by atoms with Crippen LogP contribution >= 0.6 is 0 Å². The summed E-state index contributed by atoms with van der Waals surface area (Å²) in [5, 5.41) is 13.6. The third-order valence-electron chi connectivity index (χ3n) is 5.14. The van der Waals surface area contributed by atoms with E-state index in [1.165, 1.54) is 13.8 Å². The number of unbranched alkanes of at least 4 members (excludes halogenated alkanes) is 1. The van der Waals surface area contributed by atoms with E-state index < -0.39 is 29.9 Å². The van der Waals surface area contributed by atoms with E-state index >= 15 is 0 Å². The smallest absolute Gasteiger partial charge is 0.243 e. The molecule has 0 aromatic rings. The van der Waals surface area contributed by atoms with Crippen molar-refractivity contribution in [3.63, 3.8) is 0 Å².